The molecule has 0 amide bonds. The van der Waals surface area contributed by atoms with Crippen LogP contribution in [0.2, 0.25) is 0 Å². The van der Waals surface area contributed by atoms with Crippen LogP contribution in [-0.2, 0) is 0 Å². The van der Waals surface area contributed by atoms with Crippen LogP contribution >= 0.6 is 0 Å². The summed E-state index contributed by atoms with van der Waals surface area (Å²) in [5.41, 5.74) is 3.67. The van der Waals surface area contributed by atoms with Crippen LogP contribution in [0.1, 0.15) is 36.8 Å². The summed E-state index contributed by atoms with van der Waals surface area (Å²) in [6.07, 6.45) is 4.73. The van der Waals surface area contributed by atoms with E-state index in [1.807, 2.05) is 13.0 Å². The van der Waals surface area contributed by atoms with Gasteiger partial charge in [-0.15, -0.1) is 0 Å². The van der Waals surface area contributed by atoms with Gasteiger partial charge in [0.25, 0.3) is 0 Å². The van der Waals surface area contributed by atoms with Crippen molar-refractivity contribution in [3.8, 4) is 0 Å². The van der Waals surface area contributed by atoms with Gasteiger partial charge >= 0.3 is 0 Å². The molecule has 0 unspecified atom stereocenters. The molecular weight excluding hydrogens is 172 g/mol. The Labute approximate surface area is 85.1 Å². The fraction of sp³-hybridized carbons (Fsp3) is 0.385. The van der Waals surface area contributed by atoms with E-state index in [1.165, 1.54) is 24.0 Å². The molecule has 0 heterocycles. The van der Waals surface area contributed by atoms with E-state index in [4.69, 9.17) is 5.11 Å². The third kappa shape index (κ3) is 2.24. The van der Waals surface area contributed by atoms with Gasteiger partial charge in [0.2, 0.25) is 0 Å². The van der Waals surface area contributed by atoms with Crippen LogP contribution in [0.4, 0.5) is 0 Å². The molecule has 1 aliphatic carbocycles. The predicted molar refractivity (Wildman–Crippen MR) is 59.2 cm³/mol. The monoisotopic (exact) mass is 188 g/mol. The second-order valence-electron chi connectivity index (χ2n) is 4.09. The molecule has 0 radical (unpaired) electrons. The molecule has 1 nitrogen and oxygen atoms in total. The van der Waals surface area contributed by atoms with Gasteiger partial charge < -0.3 is 5.11 Å². The molecule has 1 aromatic rings. The summed E-state index contributed by atoms with van der Waals surface area (Å²) < 4.78 is 0. The Morgan fingerprint density at radius 1 is 1.50 bits per heavy atom. The van der Waals surface area contributed by atoms with Crippen LogP contribution in [0.5, 0.6) is 0 Å². The molecule has 0 bridgehead atoms. The highest BCUT2D eigenvalue weighted by Gasteiger charge is 2.22. The van der Waals surface area contributed by atoms with Crippen molar-refractivity contribution in [2.75, 3.05) is 6.61 Å². The molecule has 1 heteroatoms. The summed E-state index contributed by atoms with van der Waals surface area (Å²) in [4.78, 5) is 0. The lowest BCUT2D eigenvalue weighted by atomic mass is 10.1. The lowest BCUT2D eigenvalue weighted by Gasteiger charge is -2.01. The zero-order valence-corrected chi connectivity index (χ0v) is 8.53. The average molecular weight is 188 g/mol. The highest BCUT2D eigenvalue weighted by atomic mass is 16.3. The number of rotatable bonds is 3. The van der Waals surface area contributed by atoms with Crippen LogP contribution in [0.25, 0.3) is 6.08 Å². The third-order valence-electron chi connectivity index (χ3n) is 2.62. The molecule has 14 heavy (non-hydrogen) atoms. The molecule has 0 atom stereocenters. The molecule has 0 saturated heterocycles. The average Bonchev–Trinajstić information content (AvgIpc) is 3.01. The van der Waals surface area contributed by atoms with Crippen molar-refractivity contribution in [3.05, 3.63) is 41.0 Å². The van der Waals surface area contributed by atoms with Crippen molar-refractivity contribution in [1.82, 2.24) is 0 Å². The first kappa shape index (κ1) is 9.47. The maximum atomic E-state index is 8.92. The van der Waals surface area contributed by atoms with Crippen LogP contribution in [0.3, 0.4) is 0 Å². The lowest BCUT2D eigenvalue weighted by molar-refractivity contribution is 0.332. The Bertz CT molecular complexity index is 348. The molecule has 1 saturated carbocycles. The molecule has 0 aromatic heterocycles. The summed E-state index contributed by atoms with van der Waals surface area (Å²) in [5, 5.41) is 8.92. The second kappa shape index (κ2) is 3.97. The maximum absolute atomic E-state index is 8.92. The van der Waals surface area contributed by atoms with E-state index >= 15 is 0 Å². The van der Waals surface area contributed by atoms with Crippen LogP contribution in [0, 0.1) is 0 Å². The molecule has 1 aromatic carbocycles. The van der Waals surface area contributed by atoms with Crippen LogP contribution in [-0.4, -0.2) is 11.7 Å². The fourth-order valence-corrected chi connectivity index (χ4v) is 1.65. The van der Waals surface area contributed by atoms with Crippen molar-refractivity contribution in [3.63, 3.8) is 0 Å². The minimum absolute atomic E-state index is 0.146. The largest absolute Gasteiger partial charge is 0.392 e. The first-order valence-corrected chi connectivity index (χ1v) is 5.17. The molecule has 74 valence electrons. The smallest absolute Gasteiger partial charge is 0.0642 e. The van der Waals surface area contributed by atoms with Gasteiger partial charge in [-0.25, -0.2) is 0 Å². The molecule has 1 fully saturated rings. The summed E-state index contributed by atoms with van der Waals surface area (Å²) in [6, 6.07) is 8.62. The van der Waals surface area contributed by atoms with Gasteiger partial charge in [0.05, 0.1) is 6.61 Å². The molecular formula is C13H16O. The van der Waals surface area contributed by atoms with Gasteiger partial charge in [-0.1, -0.05) is 30.3 Å². The van der Waals surface area contributed by atoms with Crippen molar-refractivity contribution < 1.29 is 5.11 Å². The SMILES string of the molecule is C/C(=C/c1cccc(C2CC2)c1)CO. The Balaban J connectivity index is 2.21. The number of hydrogen-bond acceptors (Lipinski definition) is 1. The maximum Gasteiger partial charge on any atom is 0.0642 e. The Morgan fingerprint density at radius 2 is 2.29 bits per heavy atom. The Hall–Kier alpha value is -1.08. The van der Waals surface area contributed by atoms with E-state index in [1.54, 1.807) is 0 Å². The van der Waals surface area contributed by atoms with Gasteiger partial charge in [-0.3, -0.25) is 0 Å². The van der Waals surface area contributed by atoms with Crippen LogP contribution in [0.15, 0.2) is 29.8 Å². The van der Waals surface area contributed by atoms with E-state index in [0.29, 0.717) is 0 Å². The number of benzene rings is 1. The van der Waals surface area contributed by atoms with Gasteiger partial charge in [0.15, 0.2) is 0 Å². The summed E-state index contributed by atoms with van der Waals surface area (Å²) >= 11 is 0. The zero-order valence-electron chi connectivity index (χ0n) is 8.53. The second-order valence-corrected chi connectivity index (χ2v) is 4.09. The van der Waals surface area contributed by atoms with Gasteiger partial charge in [0.1, 0.15) is 0 Å². The Morgan fingerprint density at radius 3 is 2.93 bits per heavy atom. The zero-order chi connectivity index (χ0) is 9.97. The van der Waals surface area contributed by atoms with Crippen molar-refractivity contribution in [1.29, 1.82) is 0 Å². The van der Waals surface area contributed by atoms with Crippen molar-refractivity contribution in [2.24, 2.45) is 0 Å². The highest BCUT2D eigenvalue weighted by molar-refractivity contribution is 5.54. The van der Waals surface area contributed by atoms with Crippen molar-refractivity contribution >= 4 is 6.08 Å². The summed E-state index contributed by atoms with van der Waals surface area (Å²) in [5.74, 6) is 0.804. The van der Waals surface area contributed by atoms with E-state index in [-0.39, 0.29) is 6.61 Å². The van der Waals surface area contributed by atoms with Crippen LogP contribution < -0.4 is 0 Å². The number of aliphatic hydroxyl groups is 1. The Kier molecular flexibility index (Phi) is 2.69. The molecule has 2 rings (SSSR count). The van der Waals surface area contributed by atoms with Gasteiger partial charge in [0, 0.05) is 0 Å². The normalized spacial score (nSPS) is 17.1. The molecule has 0 spiro atoms. The van der Waals surface area contributed by atoms with E-state index in [9.17, 15) is 0 Å². The van der Waals surface area contributed by atoms with Gasteiger partial charge in [-0.05, 0) is 42.4 Å². The highest BCUT2D eigenvalue weighted by Crippen LogP contribution is 2.40. The van der Waals surface area contributed by atoms with E-state index < -0.39 is 0 Å². The van der Waals surface area contributed by atoms with E-state index in [0.717, 1.165) is 11.5 Å². The number of hydrogen-bond donors (Lipinski definition) is 1. The predicted octanol–water partition coefficient (Wildman–Crippen LogP) is 2.96. The summed E-state index contributed by atoms with van der Waals surface area (Å²) in [6.45, 7) is 2.09. The fourth-order valence-electron chi connectivity index (χ4n) is 1.65. The lowest BCUT2D eigenvalue weighted by Crippen LogP contribution is -1.85. The minimum atomic E-state index is 0.146. The molecule has 1 N–H and O–H groups in total. The quantitative estimate of drug-likeness (QED) is 0.773. The first-order valence-electron chi connectivity index (χ1n) is 5.17. The minimum Gasteiger partial charge on any atom is -0.392 e. The first-order chi connectivity index (χ1) is 6.79. The topological polar surface area (TPSA) is 20.2 Å². The molecule has 0 aliphatic heterocycles. The van der Waals surface area contributed by atoms with Gasteiger partial charge in [-0.2, -0.15) is 0 Å². The summed E-state index contributed by atoms with van der Waals surface area (Å²) in [7, 11) is 0. The standard InChI is InChI=1S/C13H16O/c1-10(9-14)7-11-3-2-4-13(8-11)12-5-6-12/h2-4,7-8,12,14H,5-6,9H2,1H3/b10-7-. The third-order valence-corrected chi connectivity index (χ3v) is 2.62. The molecule has 1 aliphatic rings. The van der Waals surface area contributed by atoms with E-state index in [2.05, 4.69) is 24.3 Å². The number of aliphatic hydroxyl groups excluding tert-OH is 1. The van der Waals surface area contributed by atoms with Crippen molar-refractivity contribution in [2.45, 2.75) is 25.7 Å².